The molecule has 1 aliphatic rings. The Morgan fingerprint density at radius 1 is 1.47 bits per heavy atom. The number of anilines is 1. The molecule has 1 fully saturated rings. The normalized spacial score (nSPS) is 27.3. The second-order valence-electron chi connectivity index (χ2n) is 5.68. The zero-order valence-electron chi connectivity index (χ0n) is 12.4. The molecule has 0 radical (unpaired) electrons. The molecule has 2 unspecified atom stereocenters. The fraction of sp³-hybridized carbons (Fsp3) is 0.625. The van der Waals surface area contributed by atoms with Crippen molar-refractivity contribution in [3.63, 3.8) is 0 Å². The first-order chi connectivity index (χ1) is 9.11. The molecular formula is C16H26N2O. The fourth-order valence-corrected chi connectivity index (χ4v) is 3.00. The van der Waals surface area contributed by atoms with Crippen molar-refractivity contribution in [3.05, 3.63) is 29.8 Å². The van der Waals surface area contributed by atoms with Crippen LogP contribution in [0, 0.1) is 6.92 Å². The highest BCUT2D eigenvalue weighted by atomic mass is 16.5. The quantitative estimate of drug-likeness (QED) is 0.906. The summed E-state index contributed by atoms with van der Waals surface area (Å²) in [4.78, 5) is 2.37. The molecule has 1 aliphatic heterocycles. The van der Waals surface area contributed by atoms with Gasteiger partial charge in [-0.25, -0.2) is 0 Å². The molecular weight excluding hydrogens is 236 g/mol. The van der Waals surface area contributed by atoms with Crippen LogP contribution in [0.5, 0.6) is 0 Å². The summed E-state index contributed by atoms with van der Waals surface area (Å²) in [6.07, 6.45) is 3.42. The summed E-state index contributed by atoms with van der Waals surface area (Å²) in [5.74, 6) is 0. The van der Waals surface area contributed by atoms with Crippen molar-refractivity contribution in [2.75, 3.05) is 25.1 Å². The van der Waals surface area contributed by atoms with Gasteiger partial charge in [0, 0.05) is 25.9 Å². The summed E-state index contributed by atoms with van der Waals surface area (Å²) < 4.78 is 5.81. The van der Waals surface area contributed by atoms with Gasteiger partial charge >= 0.3 is 0 Å². The van der Waals surface area contributed by atoms with Crippen molar-refractivity contribution in [2.24, 2.45) is 5.73 Å². The predicted octanol–water partition coefficient (Wildman–Crippen LogP) is 2.72. The number of likely N-dealkylation sites (N-methyl/N-ethyl adjacent to an activating group) is 1. The molecule has 0 bridgehead atoms. The highest BCUT2D eigenvalue weighted by Gasteiger charge is 2.39. The van der Waals surface area contributed by atoms with Crippen LogP contribution in [0.4, 0.5) is 5.69 Å². The van der Waals surface area contributed by atoms with Crippen LogP contribution < -0.4 is 10.6 Å². The largest absolute Gasteiger partial charge is 0.378 e. The maximum absolute atomic E-state index is 6.13. The minimum absolute atomic E-state index is 0.0344. The third kappa shape index (κ3) is 2.93. The molecule has 0 spiro atoms. The van der Waals surface area contributed by atoms with Gasteiger partial charge in [-0.2, -0.15) is 0 Å². The van der Waals surface area contributed by atoms with Crippen molar-refractivity contribution >= 4 is 5.69 Å². The predicted molar refractivity (Wildman–Crippen MR) is 80.6 cm³/mol. The third-order valence-corrected chi connectivity index (χ3v) is 4.46. The zero-order chi connectivity index (χ0) is 13.9. The summed E-state index contributed by atoms with van der Waals surface area (Å²) in [6, 6.07) is 8.64. The Morgan fingerprint density at radius 3 is 2.89 bits per heavy atom. The monoisotopic (exact) mass is 262 g/mol. The lowest BCUT2D eigenvalue weighted by atomic mass is 9.84. The van der Waals surface area contributed by atoms with E-state index in [0.717, 1.165) is 25.9 Å². The molecule has 2 rings (SSSR count). The van der Waals surface area contributed by atoms with Gasteiger partial charge in [0.25, 0.3) is 0 Å². The molecule has 1 aromatic rings. The highest BCUT2D eigenvalue weighted by molar-refractivity contribution is 5.50. The van der Waals surface area contributed by atoms with Gasteiger partial charge < -0.3 is 15.4 Å². The molecule has 2 N–H and O–H groups in total. The van der Waals surface area contributed by atoms with E-state index in [1.807, 2.05) is 0 Å². The van der Waals surface area contributed by atoms with Gasteiger partial charge in [-0.15, -0.1) is 0 Å². The maximum atomic E-state index is 6.13. The van der Waals surface area contributed by atoms with Gasteiger partial charge in [0.15, 0.2) is 0 Å². The number of hydrogen-bond donors (Lipinski definition) is 1. The van der Waals surface area contributed by atoms with Crippen molar-refractivity contribution in [3.8, 4) is 0 Å². The second-order valence-corrected chi connectivity index (χ2v) is 5.68. The zero-order valence-corrected chi connectivity index (χ0v) is 12.4. The summed E-state index contributed by atoms with van der Waals surface area (Å²) in [5.41, 5.74) is 8.71. The second kappa shape index (κ2) is 5.93. The number of nitrogens with two attached hydrogens (primary N) is 1. The number of benzene rings is 1. The van der Waals surface area contributed by atoms with E-state index in [-0.39, 0.29) is 5.54 Å². The number of aryl methyl sites for hydroxylation is 1. The van der Waals surface area contributed by atoms with Crippen LogP contribution in [0.15, 0.2) is 24.3 Å². The van der Waals surface area contributed by atoms with Gasteiger partial charge in [-0.1, -0.05) is 19.1 Å². The lowest BCUT2D eigenvalue weighted by molar-refractivity contribution is -0.0188. The Morgan fingerprint density at radius 2 is 2.26 bits per heavy atom. The lowest BCUT2D eigenvalue weighted by Crippen LogP contribution is -2.57. The summed E-state index contributed by atoms with van der Waals surface area (Å²) in [5, 5.41) is 0. The number of ether oxygens (including phenoxy) is 1. The van der Waals surface area contributed by atoms with E-state index in [9.17, 15) is 0 Å². The van der Waals surface area contributed by atoms with Crippen LogP contribution in [0.1, 0.15) is 31.7 Å². The fourth-order valence-electron chi connectivity index (χ4n) is 3.00. The van der Waals surface area contributed by atoms with Gasteiger partial charge in [0.1, 0.15) is 0 Å². The van der Waals surface area contributed by atoms with Crippen molar-refractivity contribution in [1.29, 1.82) is 0 Å². The minimum atomic E-state index is 0.0344. The van der Waals surface area contributed by atoms with E-state index in [0.29, 0.717) is 12.6 Å². The van der Waals surface area contributed by atoms with E-state index < -0.39 is 0 Å². The van der Waals surface area contributed by atoms with E-state index >= 15 is 0 Å². The minimum Gasteiger partial charge on any atom is -0.378 e. The Labute approximate surface area is 116 Å². The summed E-state index contributed by atoms with van der Waals surface area (Å²) in [6.45, 7) is 5.80. The number of rotatable bonds is 4. The molecule has 106 valence electrons. The van der Waals surface area contributed by atoms with Crippen molar-refractivity contribution in [2.45, 2.75) is 44.8 Å². The van der Waals surface area contributed by atoms with Crippen LogP contribution in [0.2, 0.25) is 0 Å². The van der Waals surface area contributed by atoms with Crippen LogP contribution in [-0.2, 0) is 4.74 Å². The van der Waals surface area contributed by atoms with Gasteiger partial charge in [-0.05, 0) is 43.9 Å². The molecule has 0 saturated carbocycles. The van der Waals surface area contributed by atoms with Gasteiger partial charge in [0.05, 0.1) is 11.6 Å². The van der Waals surface area contributed by atoms with E-state index in [1.165, 1.54) is 11.3 Å². The average Bonchev–Trinajstić information content (AvgIpc) is 2.46. The van der Waals surface area contributed by atoms with Crippen LogP contribution >= 0.6 is 0 Å². The Bertz CT molecular complexity index is 421. The van der Waals surface area contributed by atoms with Crippen LogP contribution in [0.3, 0.4) is 0 Å². The maximum Gasteiger partial charge on any atom is 0.0595 e. The first-order valence-corrected chi connectivity index (χ1v) is 7.23. The van der Waals surface area contributed by atoms with Crippen LogP contribution in [0.25, 0.3) is 0 Å². The number of nitrogens with zero attached hydrogens (tertiary/aromatic N) is 1. The van der Waals surface area contributed by atoms with Gasteiger partial charge in [-0.3, -0.25) is 0 Å². The molecule has 1 aromatic carbocycles. The SMILES string of the molecule is CCC1CC(CN)(N(C)c2cccc(C)c2)CCO1. The molecule has 1 heterocycles. The first-order valence-electron chi connectivity index (χ1n) is 7.23. The number of hydrogen-bond acceptors (Lipinski definition) is 3. The molecule has 3 nitrogen and oxygen atoms in total. The average molecular weight is 262 g/mol. The molecule has 1 saturated heterocycles. The van der Waals surface area contributed by atoms with E-state index in [1.54, 1.807) is 0 Å². The smallest absolute Gasteiger partial charge is 0.0595 e. The molecule has 0 amide bonds. The Balaban J connectivity index is 2.25. The van der Waals surface area contributed by atoms with Crippen LogP contribution in [-0.4, -0.2) is 31.8 Å². The molecule has 0 aromatic heterocycles. The first kappa shape index (κ1) is 14.4. The molecule has 0 aliphatic carbocycles. The lowest BCUT2D eigenvalue weighted by Gasteiger charge is -2.47. The van der Waals surface area contributed by atoms with E-state index in [2.05, 4.69) is 50.1 Å². The van der Waals surface area contributed by atoms with Crippen molar-refractivity contribution in [1.82, 2.24) is 0 Å². The van der Waals surface area contributed by atoms with E-state index in [4.69, 9.17) is 10.5 Å². The molecule has 19 heavy (non-hydrogen) atoms. The Hall–Kier alpha value is -1.06. The summed E-state index contributed by atoms with van der Waals surface area (Å²) in [7, 11) is 2.17. The van der Waals surface area contributed by atoms with Gasteiger partial charge in [0.2, 0.25) is 0 Å². The molecule has 2 atom stereocenters. The topological polar surface area (TPSA) is 38.5 Å². The molecule has 3 heteroatoms. The Kier molecular flexibility index (Phi) is 4.48. The third-order valence-electron chi connectivity index (χ3n) is 4.46. The van der Waals surface area contributed by atoms with Crippen molar-refractivity contribution < 1.29 is 4.74 Å². The standard InChI is InChI=1S/C16H26N2O/c1-4-15-11-16(12-17,8-9-19-15)18(3)14-7-5-6-13(2)10-14/h5-7,10,15H,4,8-9,11-12,17H2,1-3H3. The highest BCUT2D eigenvalue weighted by Crippen LogP contribution is 2.34. The summed E-state index contributed by atoms with van der Waals surface area (Å²) >= 11 is 0.